The average Bonchev–Trinajstić information content (AvgIpc) is 3.43. The number of aliphatic hydroxyl groups is 1. The van der Waals surface area contributed by atoms with Gasteiger partial charge >= 0.3 is 0 Å². The maximum Gasteiger partial charge on any atom is 0.296 e. The molecule has 1 aromatic carbocycles. The van der Waals surface area contributed by atoms with Gasteiger partial charge in [0.05, 0.1) is 53.2 Å². The number of ether oxygens (including phenoxy) is 4. The van der Waals surface area contributed by atoms with E-state index in [1.165, 1.54) is 0 Å². The Kier molecular flexibility index (Phi) is 4.94. The lowest BCUT2D eigenvalue weighted by Gasteiger charge is -2.50. The standard InChI is InChI=1S/C24H26ClN3O5/c1-23(2,29)24(11-30-12-24)14-5-3-13(4-6-14)19-15(25)9-16-21(27-19)28-22(26-16)33-18-10-32-17-7-8-31-20(17)18/h3-6,9,17-18,20,29H,7-8,10-12H2,1-2H3,(H,26,27,28)/t17-,18-,20+/m1/s1. The number of pyridine rings is 1. The van der Waals surface area contributed by atoms with Crippen LogP contribution in [-0.2, 0) is 19.6 Å². The van der Waals surface area contributed by atoms with Gasteiger partial charge in [-0.25, -0.2) is 4.98 Å². The van der Waals surface area contributed by atoms with Crippen molar-refractivity contribution in [2.24, 2.45) is 0 Å². The van der Waals surface area contributed by atoms with Crippen molar-refractivity contribution in [3.05, 3.63) is 40.9 Å². The first kappa shape index (κ1) is 21.3. The third kappa shape index (κ3) is 3.43. The molecule has 3 aliphatic rings. The molecule has 5 heterocycles. The Bertz CT molecular complexity index is 1190. The van der Waals surface area contributed by atoms with Crippen molar-refractivity contribution in [3.63, 3.8) is 0 Å². The largest absolute Gasteiger partial charge is 0.456 e. The van der Waals surface area contributed by atoms with E-state index in [0.717, 1.165) is 17.5 Å². The molecule has 33 heavy (non-hydrogen) atoms. The number of aromatic nitrogens is 3. The normalized spacial score (nSPS) is 26.4. The predicted molar refractivity (Wildman–Crippen MR) is 122 cm³/mol. The van der Waals surface area contributed by atoms with Crippen LogP contribution in [0.25, 0.3) is 22.4 Å². The molecule has 2 aromatic heterocycles. The van der Waals surface area contributed by atoms with Gasteiger partial charge in [0.25, 0.3) is 6.01 Å². The summed E-state index contributed by atoms with van der Waals surface area (Å²) in [5, 5.41) is 11.2. The van der Waals surface area contributed by atoms with E-state index in [9.17, 15) is 5.11 Å². The number of aromatic amines is 1. The minimum atomic E-state index is -0.888. The summed E-state index contributed by atoms with van der Waals surface area (Å²) >= 11 is 6.58. The summed E-state index contributed by atoms with van der Waals surface area (Å²) < 4.78 is 23.0. The fourth-order valence-corrected chi connectivity index (χ4v) is 5.22. The highest BCUT2D eigenvalue weighted by Gasteiger charge is 2.51. The lowest BCUT2D eigenvalue weighted by Crippen LogP contribution is -2.60. The van der Waals surface area contributed by atoms with E-state index >= 15 is 0 Å². The van der Waals surface area contributed by atoms with E-state index < -0.39 is 11.0 Å². The molecule has 3 aliphatic heterocycles. The summed E-state index contributed by atoms with van der Waals surface area (Å²) in [6, 6.07) is 10.1. The van der Waals surface area contributed by atoms with Crippen LogP contribution in [0.2, 0.25) is 5.02 Å². The molecule has 0 spiro atoms. The first-order valence-corrected chi connectivity index (χ1v) is 11.6. The third-order valence-corrected chi connectivity index (χ3v) is 7.46. The van der Waals surface area contributed by atoms with Gasteiger partial charge in [-0.3, -0.25) is 0 Å². The van der Waals surface area contributed by atoms with E-state index in [1.807, 2.05) is 44.2 Å². The van der Waals surface area contributed by atoms with Gasteiger partial charge in [-0.15, -0.1) is 0 Å². The molecular weight excluding hydrogens is 446 g/mol. The molecule has 0 unspecified atom stereocenters. The van der Waals surface area contributed by atoms with Crippen LogP contribution in [0.3, 0.4) is 0 Å². The Hall–Kier alpha value is -2.23. The average molecular weight is 472 g/mol. The molecule has 0 amide bonds. The van der Waals surface area contributed by atoms with Gasteiger partial charge in [-0.2, -0.15) is 4.98 Å². The molecule has 3 saturated heterocycles. The van der Waals surface area contributed by atoms with E-state index in [0.29, 0.717) is 54.3 Å². The number of imidazole rings is 1. The number of hydrogen-bond donors (Lipinski definition) is 2. The van der Waals surface area contributed by atoms with E-state index in [4.69, 9.17) is 35.5 Å². The lowest BCUT2D eigenvalue weighted by atomic mass is 9.67. The second kappa shape index (κ2) is 7.65. The minimum absolute atomic E-state index is 0.0582. The molecule has 9 heteroatoms. The molecular formula is C24H26ClN3O5. The van der Waals surface area contributed by atoms with Gasteiger partial charge in [0.1, 0.15) is 6.10 Å². The number of nitrogens with one attached hydrogen (secondary N) is 1. The number of hydrogen-bond acceptors (Lipinski definition) is 7. The zero-order valence-electron chi connectivity index (χ0n) is 18.5. The number of nitrogens with zero attached hydrogens (tertiary/aromatic N) is 2. The van der Waals surface area contributed by atoms with E-state index in [2.05, 4.69) is 9.97 Å². The summed E-state index contributed by atoms with van der Waals surface area (Å²) in [4.78, 5) is 12.4. The van der Waals surface area contributed by atoms with Crippen molar-refractivity contribution >= 4 is 22.8 Å². The van der Waals surface area contributed by atoms with Crippen LogP contribution in [0.5, 0.6) is 6.01 Å². The number of H-pyrrole nitrogens is 1. The Morgan fingerprint density at radius 2 is 1.97 bits per heavy atom. The van der Waals surface area contributed by atoms with Crippen LogP contribution in [0, 0.1) is 0 Å². The molecule has 3 aromatic rings. The number of benzene rings is 1. The van der Waals surface area contributed by atoms with Crippen LogP contribution < -0.4 is 4.74 Å². The molecule has 6 rings (SSSR count). The summed E-state index contributed by atoms with van der Waals surface area (Å²) in [5.41, 5.74) is 2.47. The van der Waals surface area contributed by atoms with Gasteiger partial charge in [-0.1, -0.05) is 35.9 Å². The predicted octanol–water partition coefficient (Wildman–Crippen LogP) is 3.25. The first-order chi connectivity index (χ1) is 15.8. The second-order valence-corrected chi connectivity index (χ2v) is 10.0. The zero-order chi connectivity index (χ0) is 22.8. The fraction of sp³-hybridized carbons (Fsp3) is 0.500. The van der Waals surface area contributed by atoms with Crippen molar-refractivity contribution in [1.29, 1.82) is 0 Å². The Labute approximate surface area is 196 Å². The van der Waals surface area contributed by atoms with E-state index in [-0.39, 0.29) is 18.3 Å². The molecule has 3 atom stereocenters. The minimum Gasteiger partial charge on any atom is -0.456 e. The highest BCUT2D eigenvalue weighted by molar-refractivity contribution is 6.33. The van der Waals surface area contributed by atoms with Crippen molar-refractivity contribution in [2.45, 2.75) is 49.6 Å². The van der Waals surface area contributed by atoms with Gasteiger partial charge in [0.2, 0.25) is 0 Å². The first-order valence-electron chi connectivity index (χ1n) is 11.2. The van der Waals surface area contributed by atoms with Crippen LogP contribution in [0.1, 0.15) is 25.8 Å². The van der Waals surface area contributed by atoms with Gasteiger partial charge in [0.15, 0.2) is 11.8 Å². The maximum atomic E-state index is 10.7. The Balaban J connectivity index is 1.27. The van der Waals surface area contributed by atoms with E-state index in [1.54, 1.807) is 0 Å². The fourth-order valence-electron chi connectivity index (χ4n) is 4.95. The Morgan fingerprint density at radius 1 is 1.18 bits per heavy atom. The smallest absolute Gasteiger partial charge is 0.296 e. The zero-order valence-corrected chi connectivity index (χ0v) is 19.3. The summed E-state index contributed by atoms with van der Waals surface area (Å²) in [6.07, 6.45) is 0.744. The topological polar surface area (TPSA) is 98.7 Å². The van der Waals surface area contributed by atoms with Gasteiger partial charge in [0, 0.05) is 12.2 Å². The highest BCUT2D eigenvalue weighted by atomic mass is 35.5. The maximum absolute atomic E-state index is 10.7. The van der Waals surface area contributed by atoms with Gasteiger partial charge < -0.3 is 29.0 Å². The van der Waals surface area contributed by atoms with Gasteiger partial charge in [-0.05, 0) is 31.9 Å². The molecule has 0 saturated carbocycles. The third-order valence-electron chi connectivity index (χ3n) is 7.17. The molecule has 3 fully saturated rings. The van der Waals surface area contributed by atoms with Crippen molar-refractivity contribution in [2.75, 3.05) is 26.4 Å². The molecule has 0 bridgehead atoms. The molecule has 0 aliphatic carbocycles. The molecule has 2 N–H and O–H groups in total. The van der Waals surface area contributed by atoms with Crippen LogP contribution in [0.15, 0.2) is 30.3 Å². The van der Waals surface area contributed by atoms with Crippen molar-refractivity contribution < 1.29 is 24.1 Å². The van der Waals surface area contributed by atoms with Crippen molar-refractivity contribution in [1.82, 2.24) is 15.0 Å². The number of fused-ring (bicyclic) bond motifs is 2. The van der Waals surface area contributed by atoms with Crippen LogP contribution >= 0.6 is 11.6 Å². The highest BCUT2D eigenvalue weighted by Crippen LogP contribution is 2.42. The number of halogens is 1. The van der Waals surface area contributed by atoms with Crippen LogP contribution in [0.4, 0.5) is 0 Å². The molecule has 8 nitrogen and oxygen atoms in total. The van der Waals surface area contributed by atoms with Crippen molar-refractivity contribution in [3.8, 4) is 17.3 Å². The summed E-state index contributed by atoms with van der Waals surface area (Å²) in [5.74, 6) is 0. The number of rotatable bonds is 5. The summed E-state index contributed by atoms with van der Waals surface area (Å²) in [6.45, 7) is 5.81. The quantitative estimate of drug-likeness (QED) is 0.589. The Morgan fingerprint density at radius 3 is 2.67 bits per heavy atom. The lowest BCUT2D eigenvalue weighted by molar-refractivity contribution is -0.157. The monoisotopic (exact) mass is 471 g/mol. The SMILES string of the molecule is CC(C)(O)C1(c2ccc(-c3nc4nc(O[C@@H]5CO[C@@H]6CCO[C@@H]65)[nH]c4cc3Cl)cc2)COC1. The summed E-state index contributed by atoms with van der Waals surface area (Å²) in [7, 11) is 0. The molecule has 174 valence electrons. The van der Waals surface area contributed by atoms with Crippen LogP contribution in [-0.4, -0.2) is 70.4 Å². The molecule has 0 radical (unpaired) electrons. The second-order valence-electron chi connectivity index (χ2n) is 9.60.